The lowest BCUT2D eigenvalue weighted by atomic mass is 9.73. The van der Waals surface area contributed by atoms with Crippen LogP contribution in [0.5, 0.6) is 0 Å². The molecule has 10 heteroatoms. The number of aliphatic hydroxyl groups excluding tert-OH is 1. The van der Waals surface area contributed by atoms with Crippen molar-refractivity contribution in [1.29, 1.82) is 0 Å². The molecule has 1 saturated heterocycles. The van der Waals surface area contributed by atoms with Crippen LogP contribution < -0.4 is 16.4 Å². The molecule has 0 aromatic carbocycles. The molecule has 1 aliphatic heterocycles. The lowest BCUT2D eigenvalue weighted by molar-refractivity contribution is 0.270. The van der Waals surface area contributed by atoms with Gasteiger partial charge < -0.3 is 21.5 Å². The average Bonchev–Trinajstić information content (AvgIpc) is 3.08. The number of fused-ring (bicyclic) bond motifs is 2. The number of hydrogen-bond donors (Lipinski definition) is 3. The van der Waals surface area contributed by atoms with Crippen LogP contribution in [0.4, 0.5) is 11.6 Å². The summed E-state index contributed by atoms with van der Waals surface area (Å²) < 4.78 is 0. The van der Waals surface area contributed by atoms with E-state index in [2.05, 4.69) is 30.9 Å². The van der Waals surface area contributed by atoms with Gasteiger partial charge in [0.15, 0.2) is 5.82 Å². The summed E-state index contributed by atoms with van der Waals surface area (Å²) in [5.74, 6) is 0.979. The van der Waals surface area contributed by atoms with Crippen LogP contribution in [0.25, 0.3) is 0 Å². The number of piperidine rings is 1. The smallest absolute Gasteiger partial charge is 0.152 e. The number of rotatable bonds is 4. The molecule has 3 aromatic heterocycles. The van der Waals surface area contributed by atoms with Crippen molar-refractivity contribution >= 4 is 35.0 Å². The highest BCUT2D eigenvalue weighted by Gasteiger charge is 2.48. The topological polar surface area (TPSA) is 127 Å². The van der Waals surface area contributed by atoms with Crippen LogP contribution in [0.15, 0.2) is 46.7 Å². The van der Waals surface area contributed by atoms with E-state index >= 15 is 0 Å². The van der Waals surface area contributed by atoms with Crippen LogP contribution in [-0.2, 0) is 18.4 Å². The molecule has 0 radical (unpaired) electrons. The number of nitrogen functional groups attached to an aromatic ring is 1. The quantitative estimate of drug-likeness (QED) is 0.528. The van der Waals surface area contributed by atoms with E-state index < -0.39 is 0 Å². The van der Waals surface area contributed by atoms with Gasteiger partial charge in [-0.3, -0.25) is 4.98 Å². The highest BCUT2D eigenvalue weighted by Crippen LogP contribution is 2.45. The van der Waals surface area contributed by atoms with E-state index in [9.17, 15) is 5.11 Å². The number of aromatic nitrogens is 4. The second kappa shape index (κ2) is 8.47. The van der Waals surface area contributed by atoms with Gasteiger partial charge in [0.25, 0.3) is 0 Å². The molecule has 0 amide bonds. The fraction of sp³-hybridized carbons (Fsp3) is 0.364. The molecule has 0 unspecified atom stereocenters. The molecule has 4 heterocycles. The Bertz CT molecular complexity index is 1150. The van der Waals surface area contributed by atoms with Crippen LogP contribution in [0.1, 0.15) is 29.8 Å². The summed E-state index contributed by atoms with van der Waals surface area (Å²) in [6.07, 6.45) is 7.83. The number of anilines is 2. The van der Waals surface area contributed by atoms with Crippen molar-refractivity contribution in [3.05, 3.63) is 58.8 Å². The molecule has 0 saturated carbocycles. The van der Waals surface area contributed by atoms with Gasteiger partial charge >= 0.3 is 0 Å². The van der Waals surface area contributed by atoms with Gasteiger partial charge in [0, 0.05) is 41.8 Å². The Labute approximate surface area is 195 Å². The van der Waals surface area contributed by atoms with Gasteiger partial charge in [-0.1, -0.05) is 29.4 Å². The molecule has 166 valence electrons. The molecule has 2 aliphatic rings. The zero-order chi connectivity index (χ0) is 22.3. The summed E-state index contributed by atoms with van der Waals surface area (Å²) in [6.45, 7) is 1.36. The Morgan fingerprint density at radius 2 is 2.00 bits per heavy atom. The van der Waals surface area contributed by atoms with Crippen LogP contribution in [0.2, 0.25) is 5.02 Å². The molecule has 5 N–H and O–H groups in total. The van der Waals surface area contributed by atoms with Gasteiger partial charge in [-0.15, -0.1) is 0 Å². The predicted octanol–water partition coefficient (Wildman–Crippen LogP) is 2.57. The van der Waals surface area contributed by atoms with Gasteiger partial charge in [0.05, 0.1) is 23.5 Å². The van der Waals surface area contributed by atoms with E-state index in [1.165, 1.54) is 17.3 Å². The van der Waals surface area contributed by atoms with Crippen molar-refractivity contribution < 1.29 is 5.11 Å². The van der Waals surface area contributed by atoms with Crippen LogP contribution in [-0.4, -0.2) is 44.2 Å². The maximum absolute atomic E-state index is 9.99. The highest BCUT2D eigenvalue weighted by molar-refractivity contribution is 7.99. The van der Waals surface area contributed by atoms with Gasteiger partial charge in [0.2, 0.25) is 0 Å². The minimum Gasteiger partial charge on any atom is -0.390 e. The second-order valence-corrected chi connectivity index (χ2v) is 9.65. The van der Waals surface area contributed by atoms with Crippen LogP contribution >= 0.6 is 23.4 Å². The maximum atomic E-state index is 9.99. The third kappa shape index (κ3) is 3.59. The Morgan fingerprint density at radius 1 is 1.19 bits per heavy atom. The summed E-state index contributed by atoms with van der Waals surface area (Å²) in [5.41, 5.74) is 15.3. The van der Waals surface area contributed by atoms with E-state index in [0.717, 1.165) is 42.9 Å². The average molecular weight is 470 g/mol. The summed E-state index contributed by atoms with van der Waals surface area (Å²) in [6, 6.07) is 5.97. The Kier molecular flexibility index (Phi) is 5.66. The minimum absolute atomic E-state index is 0.0780. The summed E-state index contributed by atoms with van der Waals surface area (Å²) in [4.78, 5) is 20.9. The molecule has 1 fully saturated rings. The van der Waals surface area contributed by atoms with Gasteiger partial charge in [0.1, 0.15) is 16.5 Å². The largest absolute Gasteiger partial charge is 0.390 e. The predicted molar refractivity (Wildman–Crippen MR) is 125 cm³/mol. The third-order valence-electron chi connectivity index (χ3n) is 6.51. The molecule has 32 heavy (non-hydrogen) atoms. The van der Waals surface area contributed by atoms with Gasteiger partial charge in [-0.05, 0) is 37.0 Å². The Hall–Kier alpha value is -2.46. The van der Waals surface area contributed by atoms with E-state index in [0.29, 0.717) is 21.6 Å². The van der Waals surface area contributed by atoms with E-state index in [1.54, 1.807) is 18.5 Å². The first-order chi connectivity index (χ1) is 15.5. The third-order valence-corrected chi connectivity index (χ3v) is 7.99. The molecular formula is C22H24ClN7OS. The standard InChI is InChI=1S/C22H24ClN7OS/c23-18-15(3-7-27-20(18)25)32-17-11-28-21(14(12-31)29-17)30-8-4-22(5-9-30)16(24)10-13-2-1-6-26-19(13)22/h1-3,6-7,11,16,31H,4-5,8-10,12,24H2,(H2,25,27)/t16-/m1/s1. The molecule has 1 aliphatic carbocycles. The Morgan fingerprint density at radius 3 is 2.78 bits per heavy atom. The van der Waals surface area contributed by atoms with Crippen molar-refractivity contribution in [2.75, 3.05) is 23.7 Å². The maximum Gasteiger partial charge on any atom is 0.152 e. The number of pyridine rings is 2. The zero-order valence-corrected chi connectivity index (χ0v) is 19.0. The van der Waals surface area contributed by atoms with Crippen molar-refractivity contribution in [2.24, 2.45) is 5.73 Å². The van der Waals surface area contributed by atoms with Gasteiger partial charge in [-0.25, -0.2) is 15.0 Å². The molecule has 5 rings (SSSR count). The normalized spacial score (nSPS) is 19.3. The molecule has 0 bridgehead atoms. The second-order valence-electron chi connectivity index (χ2n) is 8.21. The number of aliphatic hydroxyl groups is 1. The summed E-state index contributed by atoms with van der Waals surface area (Å²) in [7, 11) is 0. The fourth-order valence-electron chi connectivity index (χ4n) is 4.84. The Balaban J connectivity index is 1.36. The number of halogens is 1. The van der Waals surface area contributed by atoms with Crippen molar-refractivity contribution in [1.82, 2.24) is 19.9 Å². The van der Waals surface area contributed by atoms with Crippen LogP contribution in [0, 0.1) is 0 Å². The SMILES string of the molecule is Nc1nccc(Sc2cnc(N3CCC4(CC3)c3ncccc3C[C@H]4N)c(CO)n2)c1Cl. The van der Waals surface area contributed by atoms with E-state index in [1.807, 2.05) is 12.3 Å². The lowest BCUT2D eigenvalue weighted by Gasteiger charge is -2.42. The van der Waals surface area contributed by atoms with Crippen molar-refractivity contribution in [2.45, 2.75) is 47.2 Å². The lowest BCUT2D eigenvalue weighted by Crippen LogP contribution is -2.51. The van der Waals surface area contributed by atoms with E-state index in [4.69, 9.17) is 23.1 Å². The molecular weight excluding hydrogens is 446 g/mol. The van der Waals surface area contributed by atoms with Crippen LogP contribution in [0.3, 0.4) is 0 Å². The minimum atomic E-state index is -0.200. The highest BCUT2D eigenvalue weighted by atomic mass is 35.5. The van der Waals surface area contributed by atoms with Gasteiger partial charge in [-0.2, -0.15) is 0 Å². The first-order valence-corrected chi connectivity index (χ1v) is 11.7. The first-order valence-electron chi connectivity index (χ1n) is 10.5. The summed E-state index contributed by atoms with van der Waals surface area (Å²) >= 11 is 7.59. The number of hydrogen-bond acceptors (Lipinski definition) is 9. The molecule has 8 nitrogen and oxygen atoms in total. The number of nitrogens with two attached hydrogens (primary N) is 2. The monoisotopic (exact) mass is 469 g/mol. The number of nitrogens with zero attached hydrogens (tertiary/aromatic N) is 5. The van der Waals surface area contributed by atoms with E-state index in [-0.39, 0.29) is 23.9 Å². The van der Waals surface area contributed by atoms with Crippen molar-refractivity contribution in [3.63, 3.8) is 0 Å². The zero-order valence-electron chi connectivity index (χ0n) is 17.4. The molecule has 1 atom stereocenters. The molecule has 1 spiro atoms. The summed E-state index contributed by atoms with van der Waals surface area (Å²) in [5, 5.41) is 11.0. The van der Waals surface area contributed by atoms with Crippen molar-refractivity contribution in [3.8, 4) is 0 Å². The fourth-order valence-corrected chi connectivity index (χ4v) is 5.88. The first kappa shape index (κ1) is 21.4. The molecule has 3 aromatic rings.